The second-order valence-corrected chi connectivity index (χ2v) is 7.36. The predicted molar refractivity (Wildman–Crippen MR) is 91.9 cm³/mol. The van der Waals surface area contributed by atoms with E-state index in [0.717, 1.165) is 0 Å². The van der Waals surface area contributed by atoms with Crippen molar-refractivity contribution >= 4 is 29.0 Å². The lowest BCUT2D eigenvalue weighted by molar-refractivity contribution is -0.119. The number of nitrogens with one attached hydrogen (secondary N) is 1. The molecule has 0 saturated heterocycles. The molecule has 0 radical (unpaired) electrons. The number of aryl methyl sites for hydroxylation is 1. The summed E-state index contributed by atoms with van der Waals surface area (Å²) in [4.78, 5) is 14.6. The van der Waals surface area contributed by atoms with E-state index in [1.54, 1.807) is 23.1 Å². The van der Waals surface area contributed by atoms with Gasteiger partial charge in [-0.1, -0.05) is 38.1 Å². The maximum absolute atomic E-state index is 12.2. The Labute approximate surface area is 135 Å². The normalized spacial score (nSPS) is 12.4. The molecule has 21 heavy (non-hydrogen) atoms. The molecule has 1 aromatic carbocycles. The first-order valence-corrected chi connectivity index (χ1v) is 8.95. The Morgan fingerprint density at radius 2 is 2.00 bits per heavy atom. The third-order valence-electron chi connectivity index (χ3n) is 3.29. The highest BCUT2D eigenvalue weighted by atomic mass is 32.2. The lowest BCUT2D eigenvalue weighted by atomic mass is 10.0. The minimum Gasteiger partial charge on any atom is -0.347 e. The Kier molecular flexibility index (Phi) is 5.88. The highest BCUT2D eigenvalue weighted by Gasteiger charge is 2.19. The van der Waals surface area contributed by atoms with Gasteiger partial charge in [0.15, 0.2) is 0 Å². The molecular weight excluding hydrogens is 298 g/mol. The zero-order valence-electron chi connectivity index (χ0n) is 12.6. The standard InChI is InChI=1S/C17H21NOS2/c1-12(2)17(15-9-6-10-20-15)18-16(19)11-21-14-8-5-4-7-13(14)3/h4-10,12,17H,11H2,1-3H3,(H,18,19)/t17-/m0/s1. The molecule has 0 spiro atoms. The minimum atomic E-state index is 0.0929. The first kappa shape index (κ1) is 16.1. The maximum atomic E-state index is 12.2. The first-order valence-electron chi connectivity index (χ1n) is 7.09. The van der Waals surface area contributed by atoms with Gasteiger partial charge < -0.3 is 5.32 Å². The number of hydrogen-bond acceptors (Lipinski definition) is 3. The quantitative estimate of drug-likeness (QED) is 0.784. The average Bonchev–Trinajstić information content (AvgIpc) is 2.97. The monoisotopic (exact) mass is 319 g/mol. The molecular formula is C17H21NOS2. The second-order valence-electron chi connectivity index (χ2n) is 5.36. The second kappa shape index (κ2) is 7.66. The van der Waals surface area contributed by atoms with Crippen LogP contribution in [-0.2, 0) is 4.79 Å². The van der Waals surface area contributed by atoms with Crippen LogP contribution in [0.3, 0.4) is 0 Å². The minimum absolute atomic E-state index is 0.0929. The summed E-state index contributed by atoms with van der Waals surface area (Å²) in [5.74, 6) is 0.936. The lowest BCUT2D eigenvalue weighted by Gasteiger charge is -2.21. The summed E-state index contributed by atoms with van der Waals surface area (Å²) in [5.41, 5.74) is 1.22. The van der Waals surface area contributed by atoms with Gasteiger partial charge in [0.1, 0.15) is 0 Å². The summed E-state index contributed by atoms with van der Waals surface area (Å²) in [6.07, 6.45) is 0. The van der Waals surface area contributed by atoms with Crippen molar-refractivity contribution in [1.29, 1.82) is 0 Å². The van der Waals surface area contributed by atoms with Crippen LogP contribution in [-0.4, -0.2) is 11.7 Å². The van der Waals surface area contributed by atoms with Crippen molar-refractivity contribution in [3.8, 4) is 0 Å². The molecule has 0 bridgehead atoms. The summed E-state index contributed by atoms with van der Waals surface area (Å²) < 4.78 is 0. The Morgan fingerprint density at radius 1 is 1.24 bits per heavy atom. The molecule has 1 amide bonds. The molecule has 112 valence electrons. The molecule has 0 unspecified atom stereocenters. The average molecular weight is 319 g/mol. The topological polar surface area (TPSA) is 29.1 Å². The van der Waals surface area contributed by atoms with Gasteiger partial charge in [0.2, 0.25) is 5.91 Å². The van der Waals surface area contributed by atoms with Crippen LogP contribution in [0.25, 0.3) is 0 Å². The molecule has 0 aliphatic rings. The van der Waals surface area contributed by atoms with E-state index in [2.05, 4.69) is 49.7 Å². The van der Waals surface area contributed by atoms with Gasteiger partial charge in [0, 0.05) is 9.77 Å². The fourth-order valence-corrected chi connectivity index (χ4v) is 3.90. The third-order valence-corrected chi connectivity index (χ3v) is 5.42. The van der Waals surface area contributed by atoms with E-state index >= 15 is 0 Å². The molecule has 0 fully saturated rings. The molecule has 0 aliphatic heterocycles. The Morgan fingerprint density at radius 3 is 2.62 bits per heavy atom. The molecule has 2 aromatic rings. The van der Waals surface area contributed by atoms with E-state index in [9.17, 15) is 4.79 Å². The molecule has 2 rings (SSSR count). The van der Waals surface area contributed by atoms with Crippen LogP contribution in [0.4, 0.5) is 0 Å². The molecule has 1 aromatic heterocycles. The summed E-state index contributed by atoms with van der Waals surface area (Å²) in [6.45, 7) is 6.35. The smallest absolute Gasteiger partial charge is 0.230 e. The van der Waals surface area contributed by atoms with Crippen molar-refractivity contribution in [2.24, 2.45) is 5.92 Å². The number of rotatable bonds is 6. The SMILES string of the molecule is Cc1ccccc1SCC(=O)N[C@H](c1cccs1)C(C)C. The fraction of sp³-hybridized carbons (Fsp3) is 0.353. The summed E-state index contributed by atoms with van der Waals surface area (Å²) in [6, 6.07) is 12.4. The highest BCUT2D eigenvalue weighted by molar-refractivity contribution is 8.00. The number of benzene rings is 1. The van der Waals surface area contributed by atoms with Gasteiger partial charge in [0.05, 0.1) is 11.8 Å². The van der Waals surface area contributed by atoms with Crippen LogP contribution < -0.4 is 5.32 Å². The first-order chi connectivity index (χ1) is 10.1. The number of thioether (sulfide) groups is 1. The molecule has 1 atom stereocenters. The largest absolute Gasteiger partial charge is 0.347 e. The number of thiophene rings is 1. The maximum Gasteiger partial charge on any atom is 0.230 e. The van der Waals surface area contributed by atoms with Gasteiger partial charge >= 0.3 is 0 Å². The third kappa shape index (κ3) is 4.61. The van der Waals surface area contributed by atoms with E-state index in [-0.39, 0.29) is 11.9 Å². The number of carbonyl (C=O) groups is 1. The zero-order chi connectivity index (χ0) is 15.2. The Hall–Kier alpha value is -1.26. The van der Waals surface area contributed by atoms with Crippen LogP contribution in [0.5, 0.6) is 0 Å². The van der Waals surface area contributed by atoms with Crippen molar-refractivity contribution in [3.63, 3.8) is 0 Å². The Bertz CT molecular complexity index is 578. The molecule has 1 N–H and O–H groups in total. The van der Waals surface area contributed by atoms with Crippen LogP contribution in [0.15, 0.2) is 46.7 Å². The summed E-state index contributed by atoms with van der Waals surface area (Å²) in [7, 11) is 0. The van der Waals surface area contributed by atoms with Crippen molar-refractivity contribution in [2.45, 2.75) is 31.7 Å². The van der Waals surface area contributed by atoms with E-state index < -0.39 is 0 Å². The zero-order valence-corrected chi connectivity index (χ0v) is 14.3. The van der Waals surface area contributed by atoms with Crippen LogP contribution in [0.1, 0.15) is 30.3 Å². The van der Waals surface area contributed by atoms with E-state index in [0.29, 0.717) is 11.7 Å². The fourth-order valence-electron chi connectivity index (χ4n) is 2.11. The highest BCUT2D eigenvalue weighted by Crippen LogP contribution is 2.26. The van der Waals surface area contributed by atoms with Gasteiger partial charge in [-0.2, -0.15) is 0 Å². The molecule has 0 aliphatic carbocycles. The van der Waals surface area contributed by atoms with Gasteiger partial charge in [-0.25, -0.2) is 0 Å². The lowest BCUT2D eigenvalue weighted by Crippen LogP contribution is -2.32. The molecule has 4 heteroatoms. The van der Waals surface area contributed by atoms with E-state index in [1.807, 2.05) is 18.2 Å². The van der Waals surface area contributed by atoms with E-state index in [1.165, 1.54) is 15.3 Å². The van der Waals surface area contributed by atoms with Crippen molar-refractivity contribution in [3.05, 3.63) is 52.2 Å². The van der Waals surface area contributed by atoms with Crippen molar-refractivity contribution < 1.29 is 4.79 Å². The van der Waals surface area contributed by atoms with Crippen LogP contribution in [0, 0.1) is 12.8 Å². The molecule has 2 nitrogen and oxygen atoms in total. The van der Waals surface area contributed by atoms with Crippen molar-refractivity contribution in [2.75, 3.05) is 5.75 Å². The number of amides is 1. The van der Waals surface area contributed by atoms with Gasteiger partial charge in [-0.15, -0.1) is 23.1 Å². The van der Waals surface area contributed by atoms with Gasteiger partial charge in [-0.05, 0) is 35.9 Å². The number of carbonyl (C=O) groups excluding carboxylic acids is 1. The van der Waals surface area contributed by atoms with Crippen LogP contribution >= 0.6 is 23.1 Å². The molecule has 0 saturated carbocycles. The summed E-state index contributed by atoms with van der Waals surface area (Å²) in [5, 5.41) is 5.21. The Balaban J connectivity index is 1.93. The summed E-state index contributed by atoms with van der Waals surface area (Å²) >= 11 is 3.29. The van der Waals surface area contributed by atoms with Crippen LogP contribution in [0.2, 0.25) is 0 Å². The predicted octanol–water partition coefficient (Wildman–Crippen LogP) is 4.66. The van der Waals surface area contributed by atoms with Gasteiger partial charge in [-0.3, -0.25) is 4.79 Å². The van der Waals surface area contributed by atoms with Gasteiger partial charge in [0.25, 0.3) is 0 Å². The van der Waals surface area contributed by atoms with E-state index in [4.69, 9.17) is 0 Å². The number of hydrogen-bond donors (Lipinski definition) is 1. The molecule has 1 heterocycles. The van der Waals surface area contributed by atoms with Crippen molar-refractivity contribution in [1.82, 2.24) is 5.32 Å².